The lowest BCUT2D eigenvalue weighted by atomic mass is 9.85. The summed E-state index contributed by atoms with van der Waals surface area (Å²) in [6.07, 6.45) is 3.38. The largest absolute Gasteiger partial charge is 0.389 e. The third-order valence-corrected chi connectivity index (χ3v) is 4.59. The number of likely N-dealkylation sites (tertiary alicyclic amines) is 1. The topological polar surface area (TPSA) is 49.5 Å². The molecule has 0 aromatic heterocycles. The molecule has 0 bridgehead atoms. The first-order chi connectivity index (χ1) is 7.30. The normalized spacial score (nSPS) is 44.1. The second-order valence-electron chi connectivity index (χ2n) is 6.80. The van der Waals surface area contributed by atoms with E-state index in [1.165, 1.54) is 12.8 Å². The quantitative estimate of drug-likeness (QED) is 0.744. The van der Waals surface area contributed by atoms with Crippen LogP contribution in [0.4, 0.5) is 0 Å². The molecule has 3 heteroatoms. The Hall–Kier alpha value is -0.120. The predicted octanol–water partition coefficient (Wildman–Crippen LogP) is 1.21. The number of nitrogens with zero attached hydrogens (tertiary/aromatic N) is 1. The van der Waals surface area contributed by atoms with Crippen LogP contribution in [-0.4, -0.2) is 41.3 Å². The molecule has 2 rings (SSSR count). The Bertz CT molecular complexity index is 263. The lowest BCUT2D eigenvalue weighted by Crippen LogP contribution is -2.42. The summed E-state index contributed by atoms with van der Waals surface area (Å²) in [5, 5.41) is 9.93. The Labute approximate surface area is 99.0 Å². The van der Waals surface area contributed by atoms with Gasteiger partial charge in [0.15, 0.2) is 0 Å². The standard InChI is InChI=1S/C13H26N2O/c1-12(2)5-4-10(11(12)14)8-15-7-6-13(3,16)9-15/h10-11,16H,4-9,14H2,1-3H3. The van der Waals surface area contributed by atoms with E-state index < -0.39 is 5.60 Å². The molecule has 16 heavy (non-hydrogen) atoms. The number of rotatable bonds is 2. The van der Waals surface area contributed by atoms with Crippen LogP contribution in [0, 0.1) is 11.3 Å². The molecule has 3 N–H and O–H groups in total. The SMILES string of the molecule is CC1(O)CCN(CC2CCC(C)(C)C2N)C1. The van der Waals surface area contributed by atoms with Gasteiger partial charge in [-0.25, -0.2) is 0 Å². The highest BCUT2D eigenvalue weighted by atomic mass is 16.3. The fourth-order valence-electron chi connectivity index (χ4n) is 3.27. The highest BCUT2D eigenvalue weighted by Gasteiger charge is 2.41. The Morgan fingerprint density at radius 3 is 2.44 bits per heavy atom. The minimum Gasteiger partial charge on any atom is -0.389 e. The van der Waals surface area contributed by atoms with Gasteiger partial charge in [-0.05, 0) is 37.5 Å². The van der Waals surface area contributed by atoms with E-state index in [0.29, 0.717) is 17.4 Å². The van der Waals surface area contributed by atoms with E-state index in [0.717, 1.165) is 26.1 Å². The average Bonchev–Trinajstić information content (AvgIpc) is 2.61. The van der Waals surface area contributed by atoms with Crippen molar-refractivity contribution in [1.29, 1.82) is 0 Å². The first-order valence-corrected chi connectivity index (χ1v) is 6.50. The molecule has 1 saturated carbocycles. The molecule has 1 heterocycles. The van der Waals surface area contributed by atoms with Crippen LogP contribution in [0.5, 0.6) is 0 Å². The zero-order chi connectivity index (χ0) is 12.0. The molecule has 3 unspecified atom stereocenters. The Morgan fingerprint density at radius 2 is 2.00 bits per heavy atom. The summed E-state index contributed by atoms with van der Waals surface area (Å²) >= 11 is 0. The van der Waals surface area contributed by atoms with Crippen molar-refractivity contribution in [3.63, 3.8) is 0 Å². The van der Waals surface area contributed by atoms with Crippen LogP contribution >= 0.6 is 0 Å². The van der Waals surface area contributed by atoms with Gasteiger partial charge in [-0.15, -0.1) is 0 Å². The summed E-state index contributed by atoms with van der Waals surface area (Å²) in [5.74, 6) is 0.615. The first kappa shape index (κ1) is 12.3. The van der Waals surface area contributed by atoms with Gasteiger partial charge in [-0.3, -0.25) is 0 Å². The van der Waals surface area contributed by atoms with Crippen molar-refractivity contribution in [2.75, 3.05) is 19.6 Å². The molecule has 94 valence electrons. The molecule has 1 saturated heterocycles. The predicted molar refractivity (Wildman–Crippen MR) is 66.2 cm³/mol. The van der Waals surface area contributed by atoms with E-state index in [4.69, 9.17) is 5.73 Å². The van der Waals surface area contributed by atoms with Gasteiger partial charge in [-0.1, -0.05) is 13.8 Å². The van der Waals surface area contributed by atoms with Gasteiger partial charge in [0, 0.05) is 25.7 Å². The van der Waals surface area contributed by atoms with Gasteiger partial charge >= 0.3 is 0 Å². The van der Waals surface area contributed by atoms with Crippen molar-refractivity contribution in [3.8, 4) is 0 Å². The fourth-order valence-corrected chi connectivity index (χ4v) is 3.27. The van der Waals surface area contributed by atoms with Crippen molar-refractivity contribution in [1.82, 2.24) is 4.90 Å². The first-order valence-electron chi connectivity index (χ1n) is 6.50. The molecule has 0 aromatic carbocycles. The Morgan fingerprint density at radius 1 is 1.31 bits per heavy atom. The van der Waals surface area contributed by atoms with Crippen molar-refractivity contribution in [2.24, 2.45) is 17.1 Å². The minimum absolute atomic E-state index is 0.299. The van der Waals surface area contributed by atoms with Gasteiger partial charge < -0.3 is 15.7 Å². The highest BCUT2D eigenvalue weighted by molar-refractivity contribution is 4.96. The average molecular weight is 226 g/mol. The summed E-state index contributed by atoms with van der Waals surface area (Å²) in [4.78, 5) is 2.38. The fraction of sp³-hybridized carbons (Fsp3) is 1.00. The molecule has 2 aliphatic rings. The van der Waals surface area contributed by atoms with Gasteiger partial charge in [-0.2, -0.15) is 0 Å². The number of hydrogen-bond donors (Lipinski definition) is 2. The molecular weight excluding hydrogens is 200 g/mol. The van der Waals surface area contributed by atoms with Crippen molar-refractivity contribution in [2.45, 2.75) is 51.7 Å². The van der Waals surface area contributed by atoms with Crippen molar-refractivity contribution >= 4 is 0 Å². The van der Waals surface area contributed by atoms with Crippen LogP contribution in [-0.2, 0) is 0 Å². The summed E-state index contributed by atoms with van der Waals surface area (Å²) in [6, 6.07) is 0.318. The van der Waals surface area contributed by atoms with Crippen LogP contribution in [0.25, 0.3) is 0 Å². The summed E-state index contributed by atoms with van der Waals surface area (Å²) in [5.41, 5.74) is 6.14. The second kappa shape index (κ2) is 3.97. The van der Waals surface area contributed by atoms with Crippen molar-refractivity contribution in [3.05, 3.63) is 0 Å². The van der Waals surface area contributed by atoms with E-state index in [1.807, 2.05) is 6.92 Å². The zero-order valence-electron chi connectivity index (χ0n) is 10.9. The molecule has 2 fully saturated rings. The second-order valence-corrected chi connectivity index (χ2v) is 6.80. The van der Waals surface area contributed by atoms with Crippen LogP contribution in [0.2, 0.25) is 0 Å². The Kier molecular flexibility index (Phi) is 3.06. The van der Waals surface area contributed by atoms with Gasteiger partial charge in [0.05, 0.1) is 5.60 Å². The summed E-state index contributed by atoms with van der Waals surface area (Å²) in [6.45, 7) is 9.40. The molecular formula is C13H26N2O. The number of aliphatic hydroxyl groups is 1. The van der Waals surface area contributed by atoms with Crippen LogP contribution in [0.1, 0.15) is 40.0 Å². The van der Waals surface area contributed by atoms with E-state index in [2.05, 4.69) is 18.7 Å². The molecule has 1 aliphatic heterocycles. The van der Waals surface area contributed by atoms with E-state index in [1.54, 1.807) is 0 Å². The monoisotopic (exact) mass is 226 g/mol. The molecule has 3 atom stereocenters. The summed E-state index contributed by atoms with van der Waals surface area (Å²) < 4.78 is 0. The summed E-state index contributed by atoms with van der Waals surface area (Å²) in [7, 11) is 0. The maximum Gasteiger partial charge on any atom is 0.0758 e. The lowest BCUT2D eigenvalue weighted by Gasteiger charge is -2.29. The minimum atomic E-state index is -0.474. The molecule has 3 nitrogen and oxygen atoms in total. The number of β-amino-alcohol motifs (C(OH)–C–C–N with tert-alkyl or cyclic N) is 1. The smallest absolute Gasteiger partial charge is 0.0758 e. The highest BCUT2D eigenvalue weighted by Crippen LogP contribution is 2.40. The number of hydrogen-bond acceptors (Lipinski definition) is 3. The van der Waals surface area contributed by atoms with E-state index >= 15 is 0 Å². The van der Waals surface area contributed by atoms with E-state index in [9.17, 15) is 5.11 Å². The molecule has 0 spiro atoms. The van der Waals surface area contributed by atoms with Crippen LogP contribution < -0.4 is 5.73 Å². The van der Waals surface area contributed by atoms with Crippen LogP contribution in [0.15, 0.2) is 0 Å². The molecule has 0 radical (unpaired) electrons. The Balaban J connectivity index is 1.88. The van der Waals surface area contributed by atoms with Gasteiger partial charge in [0.1, 0.15) is 0 Å². The molecule has 0 amide bonds. The lowest BCUT2D eigenvalue weighted by molar-refractivity contribution is 0.0660. The van der Waals surface area contributed by atoms with Gasteiger partial charge in [0.2, 0.25) is 0 Å². The van der Waals surface area contributed by atoms with Crippen molar-refractivity contribution < 1.29 is 5.11 Å². The maximum absolute atomic E-state index is 9.93. The zero-order valence-corrected chi connectivity index (χ0v) is 10.9. The van der Waals surface area contributed by atoms with Crippen LogP contribution in [0.3, 0.4) is 0 Å². The van der Waals surface area contributed by atoms with E-state index in [-0.39, 0.29) is 0 Å². The molecule has 0 aromatic rings. The number of nitrogens with two attached hydrogens (primary N) is 1. The third kappa shape index (κ3) is 2.41. The molecule has 1 aliphatic carbocycles. The van der Waals surface area contributed by atoms with Gasteiger partial charge in [0.25, 0.3) is 0 Å². The third-order valence-electron chi connectivity index (χ3n) is 4.59. The maximum atomic E-state index is 9.93.